The van der Waals surface area contributed by atoms with Gasteiger partial charge in [-0.15, -0.1) is 0 Å². The van der Waals surface area contributed by atoms with Crippen LogP contribution in [0.2, 0.25) is 0 Å². The zero-order valence-corrected chi connectivity index (χ0v) is 16.0. The Labute approximate surface area is 155 Å². The highest BCUT2D eigenvalue weighted by Crippen LogP contribution is 2.29. The SMILES string of the molecule is CCCOc1cc(S(=O)(=O)Nc2cnc3ccccc3c2)ccc1Br. The lowest BCUT2D eigenvalue weighted by Gasteiger charge is -2.12. The maximum Gasteiger partial charge on any atom is 0.262 e. The fraction of sp³-hybridized carbons (Fsp3) is 0.167. The van der Waals surface area contributed by atoms with Crippen LogP contribution in [0.5, 0.6) is 5.75 Å². The number of pyridine rings is 1. The van der Waals surface area contributed by atoms with E-state index in [2.05, 4.69) is 25.6 Å². The number of sulfonamides is 1. The van der Waals surface area contributed by atoms with E-state index in [1.165, 1.54) is 18.3 Å². The van der Waals surface area contributed by atoms with E-state index in [0.717, 1.165) is 17.3 Å². The van der Waals surface area contributed by atoms with Gasteiger partial charge in [-0.25, -0.2) is 8.42 Å². The molecule has 0 spiro atoms. The van der Waals surface area contributed by atoms with Crippen molar-refractivity contribution in [3.05, 3.63) is 59.2 Å². The van der Waals surface area contributed by atoms with Gasteiger partial charge in [0.15, 0.2) is 0 Å². The number of aromatic nitrogens is 1. The Morgan fingerprint density at radius 2 is 1.96 bits per heavy atom. The first-order valence-electron chi connectivity index (χ1n) is 7.79. The molecule has 0 amide bonds. The molecule has 25 heavy (non-hydrogen) atoms. The average molecular weight is 421 g/mol. The van der Waals surface area contributed by atoms with Gasteiger partial charge in [-0.2, -0.15) is 0 Å². The number of para-hydroxylation sites is 1. The molecule has 0 saturated heterocycles. The Kier molecular flexibility index (Phi) is 5.24. The van der Waals surface area contributed by atoms with Crippen LogP contribution < -0.4 is 9.46 Å². The first-order valence-corrected chi connectivity index (χ1v) is 10.1. The quantitative estimate of drug-likeness (QED) is 0.632. The summed E-state index contributed by atoms with van der Waals surface area (Å²) in [6, 6.07) is 14.0. The van der Waals surface area contributed by atoms with Crippen LogP contribution in [0, 0.1) is 0 Å². The molecule has 7 heteroatoms. The molecule has 0 aliphatic carbocycles. The van der Waals surface area contributed by atoms with Crippen molar-refractivity contribution in [2.75, 3.05) is 11.3 Å². The molecule has 3 rings (SSSR count). The number of fused-ring (bicyclic) bond motifs is 1. The van der Waals surface area contributed by atoms with Crippen LogP contribution >= 0.6 is 15.9 Å². The molecule has 0 aliphatic rings. The normalized spacial score (nSPS) is 11.4. The van der Waals surface area contributed by atoms with E-state index >= 15 is 0 Å². The van der Waals surface area contributed by atoms with Gasteiger partial charge in [0.1, 0.15) is 5.75 Å². The average Bonchev–Trinajstić information content (AvgIpc) is 2.60. The Hall–Kier alpha value is -2.12. The van der Waals surface area contributed by atoms with Crippen molar-refractivity contribution in [2.45, 2.75) is 18.2 Å². The lowest BCUT2D eigenvalue weighted by Crippen LogP contribution is -2.13. The molecule has 0 bridgehead atoms. The number of halogens is 1. The monoisotopic (exact) mass is 420 g/mol. The second-order valence-corrected chi connectivity index (χ2v) is 8.00. The lowest BCUT2D eigenvalue weighted by atomic mass is 10.2. The van der Waals surface area contributed by atoms with Crippen LogP contribution in [-0.2, 0) is 10.0 Å². The van der Waals surface area contributed by atoms with E-state index in [1.807, 2.05) is 31.2 Å². The molecule has 0 radical (unpaired) electrons. The highest BCUT2D eigenvalue weighted by molar-refractivity contribution is 9.10. The van der Waals surface area contributed by atoms with Crippen LogP contribution in [-0.4, -0.2) is 20.0 Å². The Morgan fingerprint density at radius 1 is 1.16 bits per heavy atom. The molecule has 0 fully saturated rings. The summed E-state index contributed by atoms with van der Waals surface area (Å²) in [4.78, 5) is 4.41. The van der Waals surface area contributed by atoms with Crippen molar-refractivity contribution in [1.82, 2.24) is 4.98 Å². The molecular weight excluding hydrogens is 404 g/mol. The molecule has 3 aromatic rings. The minimum Gasteiger partial charge on any atom is -0.492 e. The number of ether oxygens (including phenoxy) is 1. The minimum atomic E-state index is -3.74. The molecule has 0 unspecified atom stereocenters. The van der Waals surface area contributed by atoms with Crippen LogP contribution in [0.3, 0.4) is 0 Å². The highest BCUT2D eigenvalue weighted by atomic mass is 79.9. The number of anilines is 1. The van der Waals surface area contributed by atoms with Gasteiger partial charge in [0.25, 0.3) is 10.0 Å². The van der Waals surface area contributed by atoms with Crippen LogP contribution in [0.4, 0.5) is 5.69 Å². The molecule has 0 aliphatic heterocycles. The smallest absolute Gasteiger partial charge is 0.262 e. The summed E-state index contributed by atoms with van der Waals surface area (Å²) in [6.07, 6.45) is 2.34. The summed E-state index contributed by atoms with van der Waals surface area (Å²) in [7, 11) is -3.74. The van der Waals surface area contributed by atoms with E-state index in [0.29, 0.717) is 22.5 Å². The molecule has 2 aromatic carbocycles. The predicted octanol–water partition coefficient (Wildman–Crippen LogP) is 4.59. The van der Waals surface area contributed by atoms with E-state index in [9.17, 15) is 8.42 Å². The number of hydrogen-bond donors (Lipinski definition) is 1. The van der Waals surface area contributed by atoms with E-state index < -0.39 is 10.0 Å². The maximum atomic E-state index is 12.7. The molecule has 0 saturated carbocycles. The maximum absolute atomic E-state index is 12.7. The topological polar surface area (TPSA) is 68.3 Å². The van der Waals surface area contributed by atoms with Crippen molar-refractivity contribution in [3.8, 4) is 5.75 Å². The largest absolute Gasteiger partial charge is 0.492 e. The zero-order chi connectivity index (χ0) is 17.9. The van der Waals surface area contributed by atoms with E-state index in [4.69, 9.17) is 4.74 Å². The minimum absolute atomic E-state index is 0.134. The first kappa shape index (κ1) is 17.7. The van der Waals surface area contributed by atoms with Crippen LogP contribution in [0.1, 0.15) is 13.3 Å². The van der Waals surface area contributed by atoms with E-state index in [-0.39, 0.29) is 4.90 Å². The van der Waals surface area contributed by atoms with Gasteiger partial charge in [0.2, 0.25) is 0 Å². The van der Waals surface area contributed by atoms with Crippen molar-refractivity contribution in [1.29, 1.82) is 0 Å². The van der Waals surface area contributed by atoms with Gasteiger partial charge < -0.3 is 4.74 Å². The van der Waals surface area contributed by atoms with Crippen molar-refractivity contribution in [3.63, 3.8) is 0 Å². The molecule has 1 heterocycles. The fourth-order valence-electron chi connectivity index (χ4n) is 2.31. The summed E-state index contributed by atoms with van der Waals surface area (Å²) in [5, 5.41) is 0.866. The van der Waals surface area contributed by atoms with Gasteiger partial charge in [0, 0.05) is 11.5 Å². The standard InChI is InChI=1S/C18H17BrN2O3S/c1-2-9-24-18-11-15(7-8-16(18)19)25(22,23)21-14-10-13-5-3-4-6-17(13)20-12-14/h3-8,10-12,21H,2,9H2,1H3. The molecule has 1 aromatic heterocycles. The number of hydrogen-bond acceptors (Lipinski definition) is 4. The van der Waals surface area contributed by atoms with Crippen molar-refractivity contribution >= 4 is 42.5 Å². The third-order valence-corrected chi connectivity index (χ3v) is 5.55. The second kappa shape index (κ2) is 7.41. The van der Waals surface area contributed by atoms with Gasteiger partial charge in [-0.05, 0) is 46.6 Å². The van der Waals surface area contributed by atoms with Gasteiger partial charge in [-0.3, -0.25) is 9.71 Å². The summed E-state index contributed by atoms with van der Waals surface area (Å²) >= 11 is 3.37. The Balaban J connectivity index is 1.90. The van der Waals surface area contributed by atoms with Gasteiger partial charge in [-0.1, -0.05) is 25.1 Å². The molecule has 1 N–H and O–H groups in total. The number of rotatable bonds is 6. The van der Waals surface area contributed by atoms with Crippen molar-refractivity contribution in [2.24, 2.45) is 0 Å². The fourth-order valence-corrected chi connectivity index (χ4v) is 3.72. The number of nitrogens with one attached hydrogen (secondary N) is 1. The summed E-state index contributed by atoms with van der Waals surface area (Å²) in [5.74, 6) is 0.501. The van der Waals surface area contributed by atoms with Gasteiger partial charge in [0.05, 0.1) is 33.4 Å². The van der Waals surface area contributed by atoms with Crippen molar-refractivity contribution < 1.29 is 13.2 Å². The Morgan fingerprint density at radius 3 is 2.76 bits per heavy atom. The molecule has 130 valence electrons. The summed E-state index contributed by atoms with van der Waals surface area (Å²) in [6.45, 7) is 2.51. The summed E-state index contributed by atoms with van der Waals surface area (Å²) in [5.41, 5.74) is 1.22. The predicted molar refractivity (Wildman–Crippen MR) is 102 cm³/mol. The highest BCUT2D eigenvalue weighted by Gasteiger charge is 2.17. The Bertz CT molecular complexity index is 1010. The second-order valence-electron chi connectivity index (χ2n) is 5.46. The molecule has 0 atom stereocenters. The van der Waals surface area contributed by atoms with Crippen LogP contribution in [0.25, 0.3) is 10.9 Å². The first-order chi connectivity index (χ1) is 12.0. The molecule has 5 nitrogen and oxygen atoms in total. The third-order valence-electron chi connectivity index (χ3n) is 3.52. The van der Waals surface area contributed by atoms with Crippen LogP contribution in [0.15, 0.2) is 64.1 Å². The summed E-state index contributed by atoms with van der Waals surface area (Å²) < 4.78 is 34.2. The lowest BCUT2D eigenvalue weighted by molar-refractivity contribution is 0.314. The number of benzene rings is 2. The number of nitrogens with zero attached hydrogens (tertiary/aromatic N) is 1. The third kappa shape index (κ3) is 4.11. The zero-order valence-electron chi connectivity index (χ0n) is 13.6. The van der Waals surface area contributed by atoms with Gasteiger partial charge >= 0.3 is 0 Å². The molecular formula is C18H17BrN2O3S. The van der Waals surface area contributed by atoms with E-state index in [1.54, 1.807) is 12.1 Å².